The fraction of sp³-hybridized carbons (Fsp3) is 0.500. The third kappa shape index (κ3) is 4.38. The maximum Gasteiger partial charge on any atom is 0.303 e. The molecule has 0 aromatic heterocycles. The molecule has 6 nitrogen and oxygen atoms in total. The molecule has 0 saturated heterocycles. The van der Waals surface area contributed by atoms with Gasteiger partial charge >= 0.3 is 5.97 Å². The van der Waals surface area contributed by atoms with Crippen molar-refractivity contribution in [2.24, 2.45) is 5.92 Å². The van der Waals surface area contributed by atoms with Crippen LogP contribution >= 0.6 is 0 Å². The Labute approximate surface area is 129 Å². The Morgan fingerprint density at radius 3 is 2.95 bits per heavy atom. The highest BCUT2D eigenvalue weighted by Crippen LogP contribution is 2.30. The molecule has 0 radical (unpaired) electrons. The zero-order valence-electron chi connectivity index (χ0n) is 12.6. The normalized spacial score (nSPS) is 16.3. The molecule has 1 unspecified atom stereocenters. The number of hydrogen-bond donors (Lipinski definition) is 2. The number of fused-ring (bicyclic) bond motifs is 1. The summed E-state index contributed by atoms with van der Waals surface area (Å²) in [4.78, 5) is 22.5. The number of amides is 1. The van der Waals surface area contributed by atoms with Crippen LogP contribution < -0.4 is 14.8 Å². The Morgan fingerprint density at radius 2 is 2.23 bits per heavy atom. The van der Waals surface area contributed by atoms with Gasteiger partial charge in [-0.25, -0.2) is 0 Å². The van der Waals surface area contributed by atoms with Crippen LogP contribution in [0.25, 0.3) is 0 Å². The van der Waals surface area contributed by atoms with Gasteiger partial charge in [0.1, 0.15) is 18.1 Å². The second-order valence-electron chi connectivity index (χ2n) is 5.33. The Kier molecular flexibility index (Phi) is 5.63. The van der Waals surface area contributed by atoms with Gasteiger partial charge in [-0.1, -0.05) is 0 Å². The van der Waals surface area contributed by atoms with Crippen molar-refractivity contribution in [1.29, 1.82) is 0 Å². The number of unbranched alkanes of at least 4 members (excludes halogenated alkanes) is 1. The Hall–Kier alpha value is -2.24. The van der Waals surface area contributed by atoms with Crippen molar-refractivity contribution in [3.63, 3.8) is 0 Å². The molecule has 0 aliphatic carbocycles. The maximum absolute atomic E-state index is 12.1. The Bertz CT molecular complexity index is 543. The molecule has 0 fully saturated rings. The van der Waals surface area contributed by atoms with Gasteiger partial charge in [-0.05, 0) is 43.0 Å². The van der Waals surface area contributed by atoms with E-state index in [1.807, 2.05) is 18.2 Å². The summed E-state index contributed by atoms with van der Waals surface area (Å²) in [5, 5.41) is 11.4. The van der Waals surface area contributed by atoms with Crippen LogP contribution in [0.2, 0.25) is 0 Å². The van der Waals surface area contributed by atoms with Crippen LogP contribution in [0.15, 0.2) is 18.2 Å². The highest BCUT2D eigenvalue weighted by molar-refractivity contribution is 5.79. The van der Waals surface area contributed by atoms with E-state index >= 15 is 0 Å². The van der Waals surface area contributed by atoms with Crippen LogP contribution in [-0.4, -0.2) is 37.2 Å². The molecule has 1 aliphatic rings. The van der Waals surface area contributed by atoms with Crippen molar-refractivity contribution in [3.05, 3.63) is 23.8 Å². The number of nitrogens with one attached hydrogen (secondary N) is 1. The zero-order valence-corrected chi connectivity index (χ0v) is 12.6. The molecule has 1 aromatic carbocycles. The molecule has 1 aromatic rings. The molecule has 1 aliphatic heterocycles. The highest BCUT2D eigenvalue weighted by atomic mass is 16.5. The number of methoxy groups -OCH3 is 1. The molecule has 1 atom stereocenters. The minimum Gasteiger partial charge on any atom is -0.497 e. The van der Waals surface area contributed by atoms with Crippen molar-refractivity contribution >= 4 is 11.9 Å². The number of benzene rings is 1. The smallest absolute Gasteiger partial charge is 0.303 e. The number of aliphatic carboxylic acids is 1. The first-order valence-corrected chi connectivity index (χ1v) is 7.39. The van der Waals surface area contributed by atoms with Crippen LogP contribution in [0.5, 0.6) is 11.5 Å². The molecule has 1 amide bonds. The van der Waals surface area contributed by atoms with E-state index in [2.05, 4.69) is 5.32 Å². The van der Waals surface area contributed by atoms with Crippen LogP contribution in [-0.2, 0) is 16.0 Å². The topological polar surface area (TPSA) is 84.9 Å². The second kappa shape index (κ2) is 7.68. The summed E-state index contributed by atoms with van der Waals surface area (Å²) in [6.45, 7) is 0.855. The molecule has 0 spiro atoms. The lowest BCUT2D eigenvalue weighted by atomic mass is 9.95. The average Bonchev–Trinajstić information content (AvgIpc) is 2.52. The first-order chi connectivity index (χ1) is 10.6. The monoisotopic (exact) mass is 307 g/mol. The third-order valence-corrected chi connectivity index (χ3v) is 3.66. The van der Waals surface area contributed by atoms with Crippen LogP contribution in [0.3, 0.4) is 0 Å². The number of rotatable bonds is 7. The fourth-order valence-electron chi connectivity index (χ4n) is 2.42. The predicted molar refractivity (Wildman–Crippen MR) is 80.2 cm³/mol. The second-order valence-corrected chi connectivity index (χ2v) is 5.33. The van der Waals surface area contributed by atoms with Crippen LogP contribution in [0.1, 0.15) is 24.8 Å². The number of carboxylic acids is 1. The van der Waals surface area contributed by atoms with E-state index in [0.29, 0.717) is 32.4 Å². The number of carbonyl (C=O) groups excluding carboxylic acids is 1. The maximum atomic E-state index is 12.1. The lowest BCUT2D eigenvalue weighted by Crippen LogP contribution is -2.37. The van der Waals surface area contributed by atoms with Crippen molar-refractivity contribution in [2.45, 2.75) is 25.7 Å². The van der Waals surface area contributed by atoms with E-state index in [9.17, 15) is 9.59 Å². The van der Waals surface area contributed by atoms with E-state index in [1.165, 1.54) is 0 Å². The van der Waals surface area contributed by atoms with E-state index < -0.39 is 5.97 Å². The van der Waals surface area contributed by atoms with Gasteiger partial charge in [0, 0.05) is 13.0 Å². The summed E-state index contributed by atoms with van der Waals surface area (Å²) in [5.74, 6) is 0.462. The first-order valence-electron chi connectivity index (χ1n) is 7.39. The summed E-state index contributed by atoms with van der Waals surface area (Å²) >= 11 is 0. The molecular weight excluding hydrogens is 286 g/mol. The molecule has 2 rings (SSSR count). The molecule has 1 heterocycles. The van der Waals surface area contributed by atoms with Gasteiger partial charge in [-0.2, -0.15) is 0 Å². The molecule has 22 heavy (non-hydrogen) atoms. The Balaban J connectivity index is 1.81. The van der Waals surface area contributed by atoms with Gasteiger partial charge in [0.25, 0.3) is 0 Å². The lowest BCUT2D eigenvalue weighted by molar-refractivity contribution is -0.137. The summed E-state index contributed by atoms with van der Waals surface area (Å²) in [6, 6.07) is 5.58. The van der Waals surface area contributed by atoms with Gasteiger partial charge in [0.15, 0.2) is 0 Å². The lowest BCUT2D eigenvalue weighted by Gasteiger charge is -2.25. The molecule has 2 N–H and O–H groups in total. The number of hydrogen-bond acceptors (Lipinski definition) is 4. The predicted octanol–water partition coefficient (Wildman–Crippen LogP) is 1.62. The van der Waals surface area contributed by atoms with Crippen molar-refractivity contribution < 1.29 is 24.2 Å². The molecule has 0 saturated carbocycles. The van der Waals surface area contributed by atoms with Crippen LogP contribution in [0.4, 0.5) is 0 Å². The Morgan fingerprint density at radius 1 is 1.41 bits per heavy atom. The van der Waals surface area contributed by atoms with E-state index in [1.54, 1.807) is 7.11 Å². The number of ether oxygens (including phenoxy) is 2. The average molecular weight is 307 g/mol. The van der Waals surface area contributed by atoms with Gasteiger partial charge in [0.2, 0.25) is 5.91 Å². The largest absolute Gasteiger partial charge is 0.497 e. The number of carboxylic acid groups (broad SMARTS) is 1. The summed E-state index contributed by atoms with van der Waals surface area (Å²) in [6.07, 6.45) is 1.98. The fourth-order valence-corrected chi connectivity index (χ4v) is 2.42. The summed E-state index contributed by atoms with van der Waals surface area (Å²) in [5.41, 5.74) is 0.969. The zero-order chi connectivity index (χ0) is 15.9. The summed E-state index contributed by atoms with van der Waals surface area (Å²) in [7, 11) is 1.60. The third-order valence-electron chi connectivity index (χ3n) is 3.66. The highest BCUT2D eigenvalue weighted by Gasteiger charge is 2.26. The van der Waals surface area contributed by atoms with Gasteiger partial charge < -0.3 is 19.9 Å². The van der Waals surface area contributed by atoms with Crippen molar-refractivity contribution in [2.75, 3.05) is 20.3 Å². The van der Waals surface area contributed by atoms with E-state index in [-0.39, 0.29) is 18.2 Å². The molecule has 120 valence electrons. The minimum atomic E-state index is -0.808. The molecule has 0 bridgehead atoms. The standard InChI is InChI=1S/C16H21NO5/c1-21-13-5-6-14-11(9-13)8-12(10-22-14)16(20)17-7-3-2-4-15(18)19/h5-6,9,12H,2-4,7-8,10H2,1H3,(H,17,20)(H,18,19). The summed E-state index contributed by atoms with van der Waals surface area (Å²) < 4.78 is 10.8. The molecule has 6 heteroatoms. The quantitative estimate of drug-likeness (QED) is 0.748. The van der Waals surface area contributed by atoms with Crippen molar-refractivity contribution in [3.8, 4) is 11.5 Å². The van der Waals surface area contributed by atoms with Crippen LogP contribution in [0, 0.1) is 5.92 Å². The first kappa shape index (κ1) is 16.1. The van der Waals surface area contributed by atoms with Gasteiger partial charge in [-0.3, -0.25) is 9.59 Å². The van der Waals surface area contributed by atoms with Gasteiger partial charge in [-0.15, -0.1) is 0 Å². The van der Waals surface area contributed by atoms with E-state index in [0.717, 1.165) is 17.1 Å². The minimum absolute atomic E-state index is 0.0520. The molecular formula is C16H21NO5. The van der Waals surface area contributed by atoms with Crippen molar-refractivity contribution in [1.82, 2.24) is 5.32 Å². The number of carbonyl (C=O) groups is 2. The van der Waals surface area contributed by atoms with E-state index in [4.69, 9.17) is 14.6 Å². The SMILES string of the molecule is COc1ccc2c(c1)CC(C(=O)NCCCCC(=O)O)CO2. The van der Waals surface area contributed by atoms with Gasteiger partial charge in [0.05, 0.1) is 13.0 Å².